The molecule has 13 heteroatoms. The lowest BCUT2D eigenvalue weighted by Gasteiger charge is -2.59. The topological polar surface area (TPSA) is 147 Å². The summed E-state index contributed by atoms with van der Waals surface area (Å²) in [7, 11) is 1.38. The Kier molecular flexibility index (Phi) is 14.3. The summed E-state index contributed by atoms with van der Waals surface area (Å²) in [4.78, 5) is 22.4. The Hall–Kier alpha value is -5.08. The zero-order valence-electron chi connectivity index (χ0n) is 36.8. The Morgan fingerprint density at radius 1 is 0.937 bits per heavy atom. The van der Waals surface area contributed by atoms with E-state index in [-0.39, 0.29) is 57.3 Å². The van der Waals surface area contributed by atoms with Crippen LogP contribution in [0.2, 0.25) is 0 Å². The summed E-state index contributed by atoms with van der Waals surface area (Å²) in [5.74, 6) is 1.16. The van der Waals surface area contributed by atoms with Crippen LogP contribution in [0.4, 0.5) is 4.79 Å². The number of carbonyl (C=O) groups is 1. The lowest BCUT2D eigenvalue weighted by Crippen LogP contribution is -2.70. The molecule has 3 aromatic rings. The number of aliphatic hydroxyl groups excluding tert-OH is 2. The van der Waals surface area contributed by atoms with Gasteiger partial charge in [-0.25, -0.2) is 4.79 Å². The second kappa shape index (κ2) is 20.2. The lowest BCUT2D eigenvalue weighted by atomic mass is 9.55. The number of amides is 1. The number of rotatable bonds is 18. The van der Waals surface area contributed by atoms with Gasteiger partial charge in [-0.1, -0.05) is 42.3 Å². The molecule has 2 aliphatic carbocycles. The Labute approximate surface area is 370 Å². The third-order valence-electron chi connectivity index (χ3n) is 13.4. The highest BCUT2D eigenvalue weighted by atomic mass is 16.8. The Morgan fingerprint density at radius 3 is 2.48 bits per heavy atom. The fraction of sp³-hybridized carbons (Fsp3) is 0.520. The third kappa shape index (κ3) is 9.43. The van der Waals surface area contributed by atoms with Gasteiger partial charge in [0.15, 0.2) is 11.5 Å². The van der Waals surface area contributed by atoms with E-state index in [1.165, 1.54) is 12.7 Å². The van der Waals surface area contributed by atoms with Gasteiger partial charge in [0, 0.05) is 44.1 Å². The average Bonchev–Trinajstić information content (AvgIpc) is 3.78. The van der Waals surface area contributed by atoms with E-state index in [0.29, 0.717) is 54.6 Å². The normalized spacial score (nSPS) is 26.2. The first-order chi connectivity index (χ1) is 30.8. The molecule has 3 heterocycles. The number of unbranched alkanes of at least 4 members (excludes halogenated alkanes) is 2. The molecule has 1 saturated heterocycles. The summed E-state index contributed by atoms with van der Waals surface area (Å²) in [6, 6.07) is 16.9. The van der Waals surface area contributed by atoms with E-state index in [9.17, 15) is 15.0 Å². The third-order valence-corrected chi connectivity index (χ3v) is 13.4. The summed E-state index contributed by atoms with van der Waals surface area (Å²) in [5, 5.41) is 24.9. The number of carbonyl (C=O) groups excluding carboxylic acids is 1. The molecule has 3 aromatic carbocycles. The van der Waals surface area contributed by atoms with E-state index >= 15 is 0 Å². The molecule has 2 N–H and O–H groups in total. The molecular weight excluding hydrogens is 805 g/mol. The number of benzene rings is 3. The van der Waals surface area contributed by atoms with Crippen LogP contribution in [0.1, 0.15) is 92.4 Å². The van der Waals surface area contributed by atoms with Crippen LogP contribution in [0, 0.1) is 31.6 Å². The summed E-state index contributed by atoms with van der Waals surface area (Å²) in [6.07, 6.45) is 10.4. The molecule has 0 radical (unpaired) electrons. The van der Waals surface area contributed by atoms with E-state index in [2.05, 4.69) is 38.6 Å². The molecule has 7 atom stereocenters. The first kappa shape index (κ1) is 44.5. The quantitative estimate of drug-likeness (QED) is 0.0717. The number of nitrogens with zero attached hydrogens (tertiary/aromatic N) is 2. The van der Waals surface area contributed by atoms with Gasteiger partial charge in [0.25, 0.3) is 0 Å². The van der Waals surface area contributed by atoms with Gasteiger partial charge in [0.1, 0.15) is 23.3 Å². The number of hydrogen-bond donors (Lipinski definition) is 2. The van der Waals surface area contributed by atoms with Crippen molar-refractivity contribution in [2.45, 2.75) is 109 Å². The van der Waals surface area contributed by atoms with Crippen LogP contribution in [-0.4, -0.2) is 85.4 Å². The molecule has 0 aromatic heterocycles. The molecule has 63 heavy (non-hydrogen) atoms. The van der Waals surface area contributed by atoms with Crippen molar-refractivity contribution in [2.24, 2.45) is 22.9 Å². The zero-order chi connectivity index (χ0) is 43.9. The molecule has 8 rings (SSSR count). The van der Waals surface area contributed by atoms with Crippen molar-refractivity contribution in [1.82, 2.24) is 4.90 Å². The molecule has 5 aliphatic rings. The monoisotopic (exact) mass is 866 g/mol. The number of methoxy groups -OCH3 is 1. The van der Waals surface area contributed by atoms with Gasteiger partial charge in [0.2, 0.25) is 18.9 Å². The number of aliphatic hydroxyl groups is 2. The predicted octanol–water partition coefficient (Wildman–Crippen LogP) is 9.25. The number of hydrogen-bond acceptors (Lipinski definition) is 12. The Balaban J connectivity index is 1.32. The first-order valence-electron chi connectivity index (χ1n) is 22.6. The maximum atomic E-state index is 14.4. The maximum absolute atomic E-state index is 14.4. The van der Waals surface area contributed by atoms with Gasteiger partial charge >= 0.3 is 6.09 Å². The van der Waals surface area contributed by atoms with Gasteiger partial charge in [-0.15, -0.1) is 6.58 Å². The molecule has 1 saturated carbocycles. The lowest BCUT2D eigenvalue weighted by molar-refractivity contribution is -0.256. The fourth-order valence-corrected chi connectivity index (χ4v) is 10.2. The SMILES string of the molecule is C=CCOC12Oc3ccc(Oc4ccc(C)c(C)c4)cc3C3C(CCCCO)C(CCCCO)C=C(C(=NOC4CCCCO4)CC1N(Cc1ccc4c(c1)OCO4)C(=O)OC)C32. The van der Waals surface area contributed by atoms with Crippen LogP contribution >= 0.6 is 0 Å². The number of ether oxygens (including phenoxy) is 7. The molecule has 7 unspecified atom stereocenters. The van der Waals surface area contributed by atoms with E-state index in [0.717, 1.165) is 66.5 Å². The summed E-state index contributed by atoms with van der Waals surface area (Å²) in [6.45, 7) is 9.37. The molecule has 3 aliphatic heterocycles. The van der Waals surface area contributed by atoms with Crippen molar-refractivity contribution >= 4 is 11.8 Å². The fourth-order valence-electron chi connectivity index (χ4n) is 10.2. The molecular formula is C50H62N2O11. The smallest absolute Gasteiger partial charge is 0.410 e. The minimum atomic E-state index is -1.47. The van der Waals surface area contributed by atoms with Gasteiger partial charge in [-0.3, -0.25) is 4.90 Å². The second-order valence-electron chi connectivity index (χ2n) is 17.3. The van der Waals surface area contributed by atoms with E-state index in [1.54, 1.807) is 11.0 Å². The molecule has 13 nitrogen and oxygen atoms in total. The highest BCUT2D eigenvalue weighted by Crippen LogP contribution is 2.62. The second-order valence-corrected chi connectivity index (χ2v) is 17.3. The zero-order valence-corrected chi connectivity index (χ0v) is 36.8. The predicted molar refractivity (Wildman–Crippen MR) is 236 cm³/mol. The molecule has 0 bridgehead atoms. The van der Waals surface area contributed by atoms with Crippen molar-refractivity contribution in [2.75, 3.05) is 40.3 Å². The van der Waals surface area contributed by atoms with E-state index in [1.807, 2.05) is 42.5 Å². The number of aryl methyl sites for hydroxylation is 2. The van der Waals surface area contributed by atoms with Crippen LogP contribution in [-0.2, 0) is 25.6 Å². The Morgan fingerprint density at radius 2 is 1.71 bits per heavy atom. The van der Waals surface area contributed by atoms with Crippen LogP contribution in [0.25, 0.3) is 0 Å². The van der Waals surface area contributed by atoms with E-state index < -0.39 is 30.1 Å². The molecule has 1 amide bonds. The van der Waals surface area contributed by atoms with Crippen molar-refractivity contribution in [3.63, 3.8) is 0 Å². The summed E-state index contributed by atoms with van der Waals surface area (Å²) < 4.78 is 44.1. The van der Waals surface area contributed by atoms with Gasteiger partial charge < -0.3 is 48.2 Å². The molecule has 2 fully saturated rings. The number of oxime groups is 1. The average molecular weight is 867 g/mol. The van der Waals surface area contributed by atoms with Crippen LogP contribution in [0.3, 0.4) is 0 Å². The number of allylic oxidation sites excluding steroid dienone is 1. The van der Waals surface area contributed by atoms with Crippen LogP contribution in [0.5, 0.6) is 28.7 Å². The highest BCUT2D eigenvalue weighted by molar-refractivity contribution is 6.03. The largest absolute Gasteiger partial charge is 0.459 e. The van der Waals surface area contributed by atoms with Crippen LogP contribution in [0.15, 0.2) is 84.1 Å². The minimum Gasteiger partial charge on any atom is -0.459 e. The standard InChI is InChI=1S/C50H62N2O11/c1-5-23-60-50-45(52(49(55)56-4)30-34-16-19-43-44(26-34)59-31-58-43)29-41(51-63-46-14-8-11-24-57-46)39-27-35(12-6-9-21-53)38(13-7-10-22-54)47(48(39)50)40-28-37(18-20-42(40)62-50)61-36-17-15-32(2)33(3)25-36/h5,15-20,25-28,35,38,45-48,53-54H,1,6-14,21-24,29-31H2,2-4H3. The maximum Gasteiger partial charge on any atom is 0.410 e. The van der Waals surface area contributed by atoms with Gasteiger partial charge in [0.05, 0.1) is 32.0 Å². The summed E-state index contributed by atoms with van der Waals surface area (Å²) in [5.41, 5.74) is 5.68. The molecule has 338 valence electrons. The van der Waals surface area contributed by atoms with Crippen molar-refractivity contribution in [1.29, 1.82) is 0 Å². The first-order valence-corrected chi connectivity index (χ1v) is 22.6. The van der Waals surface area contributed by atoms with E-state index in [4.69, 9.17) is 43.2 Å². The van der Waals surface area contributed by atoms with Crippen molar-refractivity contribution < 1.29 is 53.0 Å². The van der Waals surface area contributed by atoms with Gasteiger partial charge in [-0.05, 0) is 129 Å². The van der Waals surface area contributed by atoms with Crippen molar-refractivity contribution in [3.8, 4) is 28.7 Å². The summed E-state index contributed by atoms with van der Waals surface area (Å²) >= 11 is 0. The highest BCUT2D eigenvalue weighted by Gasteiger charge is 2.65. The van der Waals surface area contributed by atoms with Crippen LogP contribution < -0.4 is 18.9 Å². The minimum absolute atomic E-state index is 0.0400. The number of fused-ring (bicyclic) bond motifs is 3. The Bertz CT molecular complexity index is 2150. The van der Waals surface area contributed by atoms with Gasteiger partial charge in [-0.2, -0.15) is 0 Å². The van der Waals surface area contributed by atoms with Crippen molar-refractivity contribution in [3.05, 3.63) is 101 Å². The molecule has 0 spiro atoms.